The molecule has 146 valence electrons. The lowest BCUT2D eigenvalue weighted by atomic mass is 10.1. The number of ether oxygens (including phenoxy) is 2. The summed E-state index contributed by atoms with van der Waals surface area (Å²) < 4.78 is 11.1. The van der Waals surface area contributed by atoms with Crippen LogP contribution in [0.5, 0.6) is 11.5 Å². The van der Waals surface area contributed by atoms with Crippen molar-refractivity contribution in [2.75, 3.05) is 31.2 Å². The molecule has 1 unspecified atom stereocenters. The molecule has 0 saturated carbocycles. The maximum Gasteiger partial charge on any atom is 0.305 e. The normalized spacial score (nSPS) is 18.7. The van der Waals surface area contributed by atoms with Gasteiger partial charge < -0.3 is 24.4 Å². The lowest BCUT2D eigenvalue weighted by molar-refractivity contribution is -0.141. The average Bonchev–Trinajstić information content (AvgIpc) is 3.02. The number of carboxylic acid groups (broad SMARTS) is 1. The fourth-order valence-electron chi connectivity index (χ4n) is 3.40. The van der Waals surface area contributed by atoms with Crippen LogP contribution in [0.15, 0.2) is 18.2 Å². The lowest BCUT2D eigenvalue weighted by Crippen LogP contribution is -2.42. The van der Waals surface area contributed by atoms with Crippen molar-refractivity contribution in [3.05, 3.63) is 18.2 Å². The molecule has 0 aromatic heterocycles. The van der Waals surface area contributed by atoms with Crippen LogP contribution in [0.2, 0.25) is 0 Å². The highest BCUT2D eigenvalue weighted by atomic mass is 16.6. The Bertz CT molecular complexity index is 748. The molecule has 0 radical (unpaired) electrons. The average molecular weight is 376 g/mol. The number of nitrogens with zero attached hydrogens (tertiary/aromatic N) is 2. The van der Waals surface area contributed by atoms with Gasteiger partial charge in [0.15, 0.2) is 11.5 Å². The number of hydrogen-bond donors (Lipinski definition) is 1. The number of amides is 2. The first-order valence-corrected chi connectivity index (χ1v) is 9.09. The molecule has 8 nitrogen and oxygen atoms in total. The summed E-state index contributed by atoms with van der Waals surface area (Å²) in [7, 11) is 0. The first kappa shape index (κ1) is 19.0. The van der Waals surface area contributed by atoms with E-state index in [2.05, 4.69) is 0 Å². The van der Waals surface area contributed by atoms with Crippen LogP contribution < -0.4 is 14.4 Å². The molecule has 0 spiro atoms. The Kier molecular flexibility index (Phi) is 5.53. The van der Waals surface area contributed by atoms with Gasteiger partial charge in [0.1, 0.15) is 13.2 Å². The largest absolute Gasteiger partial charge is 0.486 e. The minimum absolute atomic E-state index is 0.115. The van der Waals surface area contributed by atoms with Crippen molar-refractivity contribution < 1.29 is 29.0 Å². The van der Waals surface area contributed by atoms with Gasteiger partial charge in [-0.1, -0.05) is 0 Å². The zero-order valence-electron chi connectivity index (χ0n) is 15.5. The summed E-state index contributed by atoms with van der Waals surface area (Å²) in [5.74, 6) is -0.516. The number of benzene rings is 1. The van der Waals surface area contributed by atoms with Gasteiger partial charge in [0.05, 0.1) is 12.3 Å². The van der Waals surface area contributed by atoms with Crippen molar-refractivity contribution in [2.24, 2.45) is 5.92 Å². The van der Waals surface area contributed by atoms with Crippen molar-refractivity contribution in [2.45, 2.75) is 32.7 Å². The molecule has 1 saturated heterocycles. The Hall–Kier alpha value is -2.77. The fourth-order valence-corrected chi connectivity index (χ4v) is 3.40. The van der Waals surface area contributed by atoms with Crippen LogP contribution in [-0.2, 0) is 14.4 Å². The van der Waals surface area contributed by atoms with Crippen LogP contribution in [0.4, 0.5) is 5.69 Å². The highest BCUT2D eigenvalue weighted by Crippen LogP contribution is 2.36. The van der Waals surface area contributed by atoms with Gasteiger partial charge in [-0.3, -0.25) is 14.4 Å². The predicted octanol–water partition coefficient (Wildman–Crippen LogP) is 1.52. The number of fused-ring (bicyclic) bond motifs is 1. The van der Waals surface area contributed by atoms with Gasteiger partial charge >= 0.3 is 5.97 Å². The highest BCUT2D eigenvalue weighted by Gasteiger charge is 2.38. The molecule has 2 aliphatic heterocycles. The molecule has 3 rings (SSSR count). The molecule has 0 aliphatic carbocycles. The molecular weight excluding hydrogens is 352 g/mol. The lowest BCUT2D eigenvalue weighted by Gasteiger charge is -2.29. The Morgan fingerprint density at radius 1 is 1.26 bits per heavy atom. The SMILES string of the molecule is CC(C)N(CCC(=O)O)C(=O)C1CC(=O)N(c2ccc3c(c2)OCCO3)C1. The third-order valence-electron chi connectivity index (χ3n) is 4.78. The molecule has 1 N–H and O–H groups in total. The topological polar surface area (TPSA) is 96.4 Å². The maximum atomic E-state index is 12.9. The van der Waals surface area contributed by atoms with E-state index in [1.807, 2.05) is 13.8 Å². The number of hydrogen-bond acceptors (Lipinski definition) is 5. The molecule has 8 heteroatoms. The molecule has 27 heavy (non-hydrogen) atoms. The molecule has 1 fully saturated rings. The third kappa shape index (κ3) is 4.15. The summed E-state index contributed by atoms with van der Waals surface area (Å²) in [6.07, 6.45) is 0.0000281. The second-order valence-electron chi connectivity index (χ2n) is 7.00. The first-order valence-electron chi connectivity index (χ1n) is 9.09. The Balaban J connectivity index is 1.72. The summed E-state index contributed by atoms with van der Waals surface area (Å²) in [5, 5.41) is 8.90. The van der Waals surface area contributed by atoms with Crippen molar-refractivity contribution in [1.82, 2.24) is 4.90 Å². The molecule has 1 aromatic rings. The first-order chi connectivity index (χ1) is 12.9. The fraction of sp³-hybridized carbons (Fsp3) is 0.526. The summed E-state index contributed by atoms with van der Waals surface area (Å²) in [6.45, 7) is 5.05. The van der Waals surface area contributed by atoms with Gasteiger partial charge in [0.25, 0.3) is 0 Å². The minimum atomic E-state index is -0.950. The molecule has 1 aromatic carbocycles. The van der Waals surface area contributed by atoms with Crippen LogP contribution in [0.3, 0.4) is 0 Å². The molecule has 1 atom stereocenters. The van der Waals surface area contributed by atoms with E-state index in [0.717, 1.165) is 0 Å². The number of carbonyl (C=O) groups is 3. The summed E-state index contributed by atoms with van der Waals surface area (Å²) in [6, 6.07) is 5.17. The van der Waals surface area contributed by atoms with Gasteiger partial charge in [-0.05, 0) is 26.0 Å². The van der Waals surface area contributed by atoms with Crippen LogP contribution in [0, 0.1) is 5.92 Å². The number of anilines is 1. The summed E-state index contributed by atoms with van der Waals surface area (Å²) in [5.41, 5.74) is 0.668. The van der Waals surface area contributed by atoms with E-state index in [1.54, 1.807) is 28.0 Å². The van der Waals surface area contributed by atoms with Crippen LogP contribution >= 0.6 is 0 Å². The Labute approximate surface area is 157 Å². The van der Waals surface area contributed by atoms with Crippen molar-refractivity contribution in [1.29, 1.82) is 0 Å². The van der Waals surface area contributed by atoms with E-state index in [0.29, 0.717) is 30.4 Å². The van der Waals surface area contributed by atoms with E-state index in [9.17, 15) is 14.4 Å². The van der Waals surface area contributed by atoms with Crippen LogP contribution in [-0.4, -0.2) is 60.1 Å². The van der Waals surface area contributed by atoms with E-state index in [4.69, 9.17) is 14.6 Å². The highest BCUT2D eigenvalue weighted by molar-refractivity contribution is 6.00. The van der Waals surface area contributed by atoms with Crippen molar-refractivity contribution >= 4 is 23.5 Å². The van der Waals surface area contributed by atoms with Gasteiger partial charge in [-0.2, -0.15) is 0 Å². The number of carboxylic acids is 1. The van der Waals surface area contributed by atoms with E-state index in [-0.39, 0.29) is 43.8 Å². The van der Waals surface area contributed by atoms with Gasteiger partial charge in [-0.25, -0.2) is 0 Å². The van der Waals surface area contributed by atoms with Gasteiger partial charge in [-0.15, -0.1) is 0 Å². The van der Waals surface area contributed by atoms with Crippen LogP contribution in [0.25, 0.3) is 0 Å². The Morgan fingerprint density at radius 3 is 2.63 bits per heavy atom. The number of aliphatic carboxylic acids is 1. The van der Waals surface area contributed by atoms with Crippen molar-refractivity contribution in [3.8, 4) is 11.5 Å². The maximum absolute atomic E-state index is 12.9. The molecular formula is C19H24N2O6. The second kappa shape index (κ2) is 7.85. The zero-order chi connectivity index (χ0) is 19.6. The predicted molar refractivity (Wildman–Crippen MR) is 97.0 cm³/mol. The molecule has 2 heterocycles. The smallest absolute Gasteiger partial charge is 0.305 e. The van der Waals surface area contributed by atoms with E-state index >= 15 is 0 Å². The minimum Gasteiger partial charge on any atom is -0.486 e. The molecule has 2 amide bonds. The van der Waals surface area contributed by atoms with Crippen molar-refractivity contribution in [3.63, 3.8) is 0 Å². The third-order valence-corrected chi connectivity index (χ3v) is 4.78. The number of rotatable bonds is 6. The number of carbonyl (C=O) groups excluding carboxylic acids is 2. The zero-order valence-corrected chi connectivity index (χ0v) is 15.5. The molecule has 0 bridgehead atoms. The summed E-state index contributed by atoms with van der Waals surface area (Å²) >= 11 is 0. The standard InChI is InChI=1S/C19H24N2O6/c1-12(2)20(6-5-18(23)24)19(25)13-9-17(22)21(11-13)14-3-4-15-16(10-14)27-8-7-26-15/h3-4,10,12-13H,5-9,11H2,1-2H3,(H,23,24). The van der Waals surface area contributed by atoms with Crippen LogP contribution in [0.1, 0.15) is 26.7 Å². The summed E-state index contributed by atoms with van der Waals surface area (Å²) in [4.78, 5) is 39.3. The van der Waals surface area contributed by atoms with Gasteiger partial charge in [0, 0.05) is 37.3 Å². The Morgan fingerprint density at radius 2 is 1.96 bits per heavy atom. The second-order valence-corrected chi connectivity index (χ2v) is 7.00. The van der Waals surface area contributed by atoms with E-state index in [1.165, 1.54) is 0 Å². The van der Waals surface area contributed by atoms with E-state index < -0.39 is 11.9 Å². The van der Waals surface area contributed by atoms with Gasteiger partial charge in [0.2, 0.25) is 11.8 Å². The quantitative estimate of drug-likeness (QED) is 0.809. The molecule has 2 aliphatic rings. The monoisotopic (exact) mass is 376 g/mol.